The molecule has 2 heterocycles. The predicted octanol–water partition coefficient (Wildman–Crippen LogP) is 2.89. The third kappa shape index (κ3) is 7.04. The predicted molar refractivity (Wildman–Crippen MR) is 191 cm³/mol. The van der Waals surface area contributed by atoms with Crippen molar-refractivity contribution in [2.24, 2.45) is 11.3 Å². The van der Waals surface area contributed by atoms with Crippen molar-refractivity contribution >= 4 is 44.5 Å². The molecular formula is C38H49N5O7S. The van der Waals surface area contributed by atoms with Crippen LogP contribution in [0.1, 0.15) is 76.8 Å². The lowest BCUT2D eigenvalue weighted by Gasteiger charge is -2.36. The van der Waals surface area contributed by atoms with Crippen LogP contribution in [0.3, 0.4) is 0 Å². The highest BCUT2D eigenvalue weighted by atomic mass is 32.2. The SMILES string of the molecule is C=C[C@@H]1C[C@]1(NC(=O)[C@@H]1C[C@@H](N2Cc3cccc4cccc(c34)C2)CN1C(=O)[C@@H](NCC(=O)OC1CCC1)C(C)(C)C)C(=O)NS(=O)(=O)C1CC1. The first-order valence-electron chi connectivity index (χ1n) is 18.2. The quantitative estimate of drug-likeness (QED) is 0.222. The molecule has 0 spiro atoms. The first kappa shape index (κ1) is 35.6. The van der Waals surface area contributed by atoms with Crippen molar-refractivity contribution in [3.05, 3.63) is 60.2 Å². The van der Waals surface area contributed by atoms with E-state index in [0.717, 1.165) is 19.3 Å². The van der Waals surface area contributed by atoms with Gasteiger partial charge in [0.1, 0.15) is 17.7 Å². The van der Waals surface area contributed by atoms with E-state index in [0.29, 0.717) is 32.4 Å². The van der Waals surface area contributed by atoms with Crippen LogP contribution in [-0.4, -0.2) is 90.0 Å². The fourth-order valence-corrected chi connectivity index (χ4v) is 9.30. The number of nitrogens with one attached hydrogen (secondary N) is 3. The molecule has 1 saturated heterocycles. The third-order valence-corrected chi connectivity index (χ3v) is 13.2. The summed E-state index contributed by atoms with van der Waals surface area (Å²) in [6, 6.07) is 10.6. The topological polar surface area (TPSA) is 154 Å². The highest BCUT2D eigenvalue weighted by Crippen LogP contribution is 2.46. The average molecular weight is 720 g/mol. The molecule has 3 aliphatic carbocycles. The second-order valence-electron chi connectivity index (χ2n) is 16.1. The van der Waals surface area contributed by atoms with Gasteiger partial charge in [0.25, 0.3) is 5.91 Å². The molecule has 274 valence electrons. The first-order chi connectivity index (χ1) is 24.2. The van der Waals surface area contributed by atoms with Crippen LogP contribution in [0, 0.1) is 11.3 Å². The van der Waals surface area contributed by atoms with Crippen LogP contribution >= 0.6 is 0 Å². The number of likely N-dealkylation sites (tertiary alicyclic amines) is 1. The molecule has 5 aliphatic rings. The van der Waals surface area contributed by atoms with Crippen LogP contribution in [0.25, 0.3) is 10.8 Å². The summed E-state index contributed by atoms with van der Waals surface area (Å²) in [4.78, 5) is 59.1. The molecule has 3 amide bonds. The molecule has 2 aromatic carbocycles. The van der Waals surface area contributed by atoms with Gasteiger partial charge in [0.05, 0.1) is 17.8 Å². The largest absolute Gasteiger partial charge is 0.461 e. The van der Waals surface area contributed by atoms with E-state index >= 15 is 0 Å². The number of esters is 1. The molecule has 0 unspecified atom stereocenters. The molecule has 2 aromatic rings. The van der Waals surface area contributed by atoms with Gasteiger partial charge in [-0.05, 0) is 72.3 Å². The lowest BCUT2D eigenvalue weighted by molar-refractivity contribution is -0.152. The van der Waals surface area contributed by atoms with Crippen molar-refractivity contribution in [3.8, 4) is 0 Å². The zero-order valence-electron chi connectivity index (χ0n) is 29.7. The van der Waals surface area contributed by atoms with Gasteiger partial charge in [-0.15, -0.1) is 6.58 Å². The maximum Gasteiger partial charge on any atom is 0.320 e. The summed E-state index contributed by atoms with van der Waals surface area (Å²) in [5.41, 5.74) is 0.257. The minimum Gasteiger partial charge on any atom is -0.461 e. The number of amides is 3. The molecule has 0 bridgehead atoms. The first-order valence-corrected chi connectivity index (χ1v) is 19.7. The summed E-state index contributed by atoms with van der Waals surface area (Å²) in [5.74, 6) is -2.51. The summed E-state index contributed by atoms with van der Waals surface area (Å²) in [7, 11) is -3.85. The van der Waals surface area contributed by atoms with E-state index in [2.05, 4.69) is 51.1 Å². The zero-order valence-corrected chi connectivity index (χ0v) is 30.5. The number of sulfonamides is 1. The van der Waals surface area contributed by atoms with Gasteiger partial charge in [-0.2, -0.15) is 0 Å². The molecular weight excluding hydrogens is 671 g/mol. The van der Waals surface area contributed by atoms with Crippen molar-refractivity contribution < 1.29 is 32.3 Å². The van der Waals surface area contributed by atoms with E-state index in [-0.39, 0.29) is 37.6 Å². The van der Waals surface area contributed by atoms with Gasteiger partial charge >= 0.3 is 5.97 Å². The molecule has 5 atom stereocenters. The van der Waals surface area contributed by atoms with Gasteiger partial charge < -0.3 is 15.0 Å². The van der Waals surface area contributed by atoms with E-state index in [1.807, 2.05) is 32.9 Å². The fourth-order valence-electron chi connectivity index (χ4n) is 7.94. The highest BCUT2D eigenvalue weighted by molar-refractivity contribution is 7.91. The minimum absolute atomic E-state index is 0.0818. The molecule has 0 radical (unpaired) electrons. The number of ether oxygens (including phenoxy) is 1. The Morgan fingerprint density at radius 1 is 1.04 bits per heavy atom. The van der Waals surface area contributed by atoms with Crippen LogP contribution in [-0.2, 0) is 47.0 Å². The Labute approximate surface area is 299 Å². The van der Waals surface area contributed by atoms with E-state index < -0.39 is 62.0 Å². The van der Waals surface area contributed by atoms with Crippen molar-refractivity contribution in [2.75, 3.05) is 13.1 Å². The van der Waals surface area contributed by atoms with E-state index in [9.17, 15) is 27.6 Å². The second-order valence-corrected chi connectivity index (χ2v) is 18.1. The molecule has 12 nitrogen and oxygen atoms in total. The van der Waals surface area contributed by atoms with Crippen LogP contribution in [0.2, 0.25) is 0 Å². The molecule has 3 saturated carbocycles. The van der Waals surface area contributed by atoms with E-state index in [1.165, 1.54) is 21.9 Å². The fraction of sp³-hybridized carbons (Fsp3) is 0.579. The van der Waals surface area contributed by atoms with Crippen molar-refractivity contribution in [3.63, 3.8) is 0 Å². The Morgan fingerprint density at radius 3 is 2.25 bits per heavy atom. The number of hydrogen-bond acceptors (Lipinski definition) is 9. The van der Waals surface area contributed by atoms with Crippen molar-refractivity contribution in [2.45, 2.75) is 114 Å². The molecule has 3 N–H and O–H groups in total. The molecule has 13 heteroatoms. The molecule has 0 aromatic heterocycles. The maximum atomic E-state index is 14.6. The normalized spacial score (nSPS) is 27.0. The molecule has 2 aliphatic heterocycles. The zero-order chi connectivity index (χ0) is 36.3. The number of nitrogens with zero attached hydrogens (tertiary/aromatic N) is 2. The lowest BCUT2D eigenvalue weighted by Crippen LogP contribution is -2.60. The van der Waals surface area contributed by atoms with Gasteiger partial charge in [0, 0.05) is 31.6 Å². The standard InChI is InChI=1S/C38H49N5O7S/c1-5-26-18-38(26,36(47)41-51(48,49)29-15-16-29)40-34(45)30-17-27(42-20-24-11-6-9-23-10-7-12-25(21-42)32(23)24)22-43(30)35(46)33(37(2,3)4)39-19-31(44)50-28-13-8-14-28/h5-7,9-12,26-30,33,39H,1,8,13-22H2,2-4H3,(H,40,45)(H,41,47)/t26-,27-,30+,33-,38-/m1/s1. The Hall–Kier alpha value is -3.81. The van der Waals surface area contributed by atoms with Crippen molar-refractivity contribution in [1.82, 2.24) is 25.2 Å². The average Bonchev–Trinajstić information content (AvgIpc) is 3.98. The van der Waals surface area contributed by atoms with Gasteiger partial charge in [-0.3, -0.25) is 34.1 Å². The minimum atomic E-state index is -3.85. The molecule has 4 fully saturated rings. The highest BCUT2D eigenvalue weighted by Gasteiger charge is 2.62. The van der Waals surface area contributed by atoms with Crippen LogP contribution in [0.5, 0.6) is 0 Å². The maximum absolute atomic E-state index is 14.6. The van der Waals surface area contributed by atoms with Crippen molar-refractivity contribution in [1.29, 1.82) is 0 Å². The molecule has 51 heavy (non-hydrogen) atoms. The number of rotatable bonds is 12. The number of carbonyl (C=O) groups is 4. The summed E-state index contributed by atoms with van der Waals surface area (Å²) < 4.78 is 33.2. The van der Waals surface area contributed by atoms with Gasteiger partial charge in [0.15, 0.2) is 0 Å². The van der Waals surface area contributed by atoms with Crippen LogP contribution < -0.4 is 15.4 Å². The Kier molecular flexibility index (Phi) is 9.29. The Morgan fingerprint density at radius 2 is 1.71 bits per heavy atom. The number of benzene rings is 2. The second kappa shape index (κ2) is 13.3. The Bertz CT molecular complexity index is 1830. The molecule has 7 rings (SSSR count). The summed E-state index contributed by atoms with van der Waals surface area (Å²) in [5, 5.41) is 7.86. The summed E-state index contributed by atoms with van der Waals surface area (Å²) in [6.45, 7) is 10.9. The third-order valence-electron chi connectivity index (χ3n) is 11.4. The van der Waals surface area contributed by atoms with Gasteiger partial charge in [-0.25, -0.2) is 8.42 Å². The monoisotopic (exact) mass is 719 g/mol. The number of hydrogen-bond donors (Lipinski definition) is 3. The van der Waals surface area contributed by atoms with Crippen LogP contribution in [0.15, 0.2) is 49.1 Å². The van der Waals surface area contributed by atoms with Gasteiger partial charge in [-0.1, -0.05) is 63.2 Å². The summed E-state index contributed by atoms with van der Waals surface area (Å²) >= 11 is 0. The number of carbonyl (C=O) groups excluding carboxylic acids is 4. The van der Waals surface area contributed by atoms with Gasteiger partial charge in [0.2, 0.25) is 21.8 Å². The van der Waals surface area contributed by atoms with E-state index in [1.54, 1.807) is 11.0 Å². The van der Waals surface area contributed by atoms with E-state index in [4.69, 9.17) is 4.74 Å². The smallest absolute Gasteiger partial charge is 0.320 e. The summed E-state index contributed by atoms with van der Waals surface area (Å²) in [6.07, 6.45) is 5.68. The lowest BCUT2D eigenvalue weighted by atomic mass is 9.85. The Balaban J connectivity index is 1.14. The van der Waals surface area contributed by atoms with Crippen LogP contribution in [0.4, 0.5) is 0 Å².